The van der Waals surface area contributed by atoms with E-state index in [0.29, 0.717) is 42.7 Å². The molecular weight excluding hydrogens is 372 g/mol. The number of ether oxygens (including phenoxy) is 4. The molecule has 4 rings (SSSR count). The molecule has 7 nitrogen and oxygen atoms in total. The first kappa shape index (κ1) is 20.0. The van der Waals surface area contributed by atoms with E-state index in [9.17, 15) is 5.21 Å². The van der Waals surface area contributed by atoms with E-state index < -0.39 is 11.6 Å². The summed E-state index contributed by atoms with van der Waals surface area (Å²) in [6, 6.07) is 14.4. The molecule has 0 unspecified atom stereocenters. The molecule has 0 spiro atoms. The van der Waals surface area contributed by atoms with Crippen molar-refractivity contribution < 1.29 is 23.8 Å². The maximum absolute atomic E-state index is 12.5. The van der Waals surface area contributed by atoms with Crippen LogP contribution in [0, 0.1) is 5.21 Å². The fourth-order valence-corrected chi connectivity index (χ4v) is 3.49. The van der Waals surface area contributed by atoms with Crippen LogP contribution in [0.3, 0.4) is 0 Å². The Labute approximate surface area is 170 Å². The normalized spacial score (nSPS) is 21.7. The first-order valence-corrected chi connectivity index (χ1v) is 9.94. The molecule has 0 bridgehead atoms. The molecule has 0 aliphatic carbocycles. The van der Waals surface area contributed by atoms with Gasteiger partial charge in [0.25, 0.3) is 0 Å². The Kier molecular flexibility index (Phi) is 5.65. The molecule has 2 heterocycles. The predicted octanol–water partition coefficient (Wildman–Crippen LogP) is 4.83. The Balaban J connectivity index is 1.48. The lowest BCUT2D eigenvalue weighted by molar-refractivity contribution is -0.435. The van der Waals surface area contributed by atoms with Gasteiger partial charge in [-0.25, -0.2) is 0 Å². The molecule has 2 aliphatic heterocycles. The van der Waals surface area contributed by atoms with E-state index in [4.69, 9.17) is 18.9 Å². The summed E-state index contributed by atoms with van der Waals surface area (Å²) in [5, 5.41) is 16.6. The van der Waals surface area contributed by atoms with Crippen molar-refractivity contribution in [3.8, 4) is 0 Å². The van der Waals surface area contributed by atoms with Crippen molar-refractivity contribution >= 4 is 11.4 Å². The maximum Gasteiger partial charge on any atom is 0.244 e. The standard InChI is InChI=1S/C22H26N2O5/c1-21(26-13-3-14-27-21)17-5-9-19(10-6-17)23-24(25)20-11-7-18(8-12-20)22(2)28-15-4-16-29-22/h5-12H,3-4,13-16H2,1-2H3. The molecule has 7 heteroatoms. The lowest BCUT2D eigenvalue weighted by Crippen LogP contribution is -2.34. The summed E-state index contributed by atoms with van der Waals surface area (Å²) in [4.78, 5) is 0.610. The van der Waals surface area contributed by atoms with E-state index >= 15 is 0 Å². The van der Waals surface area contributed by atoms with E-state index in [2.05, 4.69) is 5.11 Å². The van der Waals surface area contributed by atoms with Gasteiger partial charge in [-0.3, -0.25) is 0 Å². The minimum absolute atomic E-state index is 0.433. The predicted molar refractivity (Wildman–Crippen MR) is 106 cm³/mol. The number of hydrogen-bond donors (Lipinski definition) is 0. The SMILES string of the molecule is CC1(c2ccc(N=[N+]([O-])c3ccc(C4(C)OCCCO4)cc3)cc2)OCCCO1. The molecule has 2 aliphatic rings. The van der Waals surface area contributed by atoms with Gasteiger partial charge in [-0.2, -0.15) is 0 Å². The molecule has 0 atom stereocenters. The summed E-state index contributed by atoms with van der Waals surface area (Å²) in [7, 11) is 0. The van der Waals surface area contributed by atoms with Gasteiger partial charge in [0.05, 0.1) is 26.4 Å². The molecule has 2 saturated heterocycles. The minimum Gasteiger partial charge on any atom is -0.594 e. The smallest absolute Gasteiger partial charge is 0.244 e. The largest absolute Gasteiger partial charge is 0.594 e. The van der Waals surface area contributed by atoms with Crippen molar-refractivity contribution in [2.75, 3.05) is 26.4 Å². The Hall–Kier alpha value is -2.32. The molecule has 0 N–H and O–H groups in total. The average molecular weight is 398 g/mol. The lowest BCUT2D eigenvalue weighted by atomic mass is 10.1. The zero-order valence-electron chi connectivity index (χ0n) is 16.8. The van der Waals surface area contributed by atoms with Gasteiger partial charge in [0.1, 0.15) is 5.69 Å². The van der Waals surface area contributed by atoms with Crippen LogP contribution < -0.4 is 0 Å². The fourth-order valence-electron chi connectivity index (χ4n) is 3.49. The monoisotopic (exact) mass is 398 g/mol. The molecule has 0 radical (unpaired) electrons. The Morgan fingerprint density at radius 3 is 1.59 bits per heavy atom. The summed E-state index contributed by atoms with van der Waals surface area (Å²) < 4.78 is 23.0. The quantitative estimate of drug-likeness (QED) is 0.419. The van der Waals surface area contributed by atoms with Gasteiger partial charge in [-0.15, -0.1) is 0 Å². The van der Waals surface area contributed by atoms with Gasteiger partial charge >= 0.3 is 0 Å². The second kappa shape index (κ2) is 8.20. The molecular formula is C22H26N2O5. The molecule has 0 aromatic heterocycles. The topological polar surface area (TPSA) is 75.4 Å². The number of nitrogens with zero attached hydrogens (tertiary/aromatic N) is 2. The van der Waals surface area contributed by atoms with Crippen LogP contribution in [0.1, 0.15) is 37.8 Å². The van der Waals surface area contributed by atoms with Gasteiger partial charge in [-0.1, -0.05) is 17.0 Å². The number of azo groups is 1. The zero-order chi connectivity index (χ0) is 20.3. The summed E-state index contributed by atoms with van der Waals surface area (Å²) in [6.07, 6.45) is 1.78. The highest BCUT2D eigenvalue weighted by Crippen LogP contribution is 2.33. The lowest BCUT2D eigenvalue weighted by Gasteiger charge is -2.34. The highest BCUT2D eigenvalue weighted by molar-refractivity contribution is 5.40. The van der Waals surface area contributed by atoms with Crippen molar-refractivity contribution in [1.82, 2.24) is 0 Å². The first-order chi connectivity index (χ1) is 14.0. The first-order valence-electron chi connectivity index (χ1n) is 9.94. The second-order valence-electron chi connectivity index (χ2n) is 7.46. The number of benzene rings is 2. The highest BCUT2D eigenvalue weighted by Gasteiger charge is 2.32. The molecule has 154 valence electrons. The van der Waals surface area contributed by atoms with Crippen molar-refractivity contribution in [3.05, 3.63) is 64.9 Å². The molecule has 2 fully saturated rings. The van der Waals surface area contributed by atoms with Gasteiger partial charge in [0.15, 0.2) is 11.6 Å². The maximum atomic E-state index is 12.5. The minimum atomic E-state index is -0.767. The number of hydrogen-bond acceptors (Lipinski definition) is 6. The summed E-state index contributed by atoms with van der Waals surface area (Å²) >= 11 is 0. The molecule has 0 amide bonds. The fraction of sp³-hybridized carbons (Fsp3) is 0.455. The van der Waals surface area contributed by atoms with E-state index in [0.717, 1.165) is 24.0 Å². The van der Waals surface area contributed by atoms with Crippen molar-refractivity contribution in [2.45, 2.75) is 38.3 Å². The van der Waals surface area contributed by atoms with Crippen LogP contribution >= 0.6 is 0 Å². The van der Waals surface area contributed by atoms with Crippen LogP contribution in [-0.4, -0.2) is 31.3 Å². The van der Waals surface area contributed by atoms with Crippen LogP contribution in [0.25, 0.3) is 0 Å². The highest BCUT2D eigenvalue weighted by atomic mass is 16.7. The molecule has 2 aromatic carbocycles. The zero-order valence-corrected chi connectivity index (χ0v) is 16.8. The Bertz CT molecular complexity index is 852. The number of rotatable bonds is 4. The average Bonchev–Trinajstić information content (AvgIpc) is 2.75. The van der Waals surface area contributed by atoms with Crippen LogP contribution in [0.15, 0.2) is 53.6 Å². The summed E-state index contributed by atoms with van der Waals surface area (Å²) in [5.41, 5.74) is 2.76. The second-order valence-corrected chi connectivity index (χ2v) is 7.46. The van der Waals surface area contributed by atoms with Gasteiger partial charge in [0.2, 0.25) is 5.69 Å². The third-order valence-corrected chi connectivity index (χ3v) is 5.30. The molecule has 29 heavy (non-hydrogen) atoms. The summed E-state index contributed by atoms with van der Waals surface area (Å²) in [5.74, 6) is -1.51. The van der Waals surface area contributed by atoms with Crippen LogP contribution in [0.4, 0.5) is 11.4 Å². The van der Waals surface area contributed by atoms with E-state index in [-0.39, 0.29) is 0 Å². The van der Waals surface area contributed by atoms with Crippen molar-refractivity contribution in [1.29, 1.82) is 0 Å². The van der Waals surface area contributed by atoms with E-state index in [1.54, 1.807) is 24.3 Å². The van der Waals surface area contributed by atoms with Gasteiger partial charge < -0.3 is 24.2 Å². The van der Waals surface area contributed by atoms with Crippen molar-refractivity contribution in [2.24, 2.45) is 5.11 Å². The third-order valence-electron chi connectivity index (χ3n) is 5.30. The third kappa shape index (κ3) is 4.33. The Morgan fingerprint density at radius 1 is 0.724 bits per heavy atom. The van der Waals surface area contributed by atoms with Gasteiger partial charge in [0, 0.05) is 28.4 Å². The van der Waals surface area contributed by atoms with Crippen molar-refractivity contribution in [3.63, 3.8) is 0 Å². The molecule has 2 aromatic rings. The van der Waals surface area contributed by atoms with Gasteiger partial charge in [-0.05, 0) is 51.0 Å². The van der Waals surface area contributed by atoms with E-state index in [1.807, 2.05) is 38.1 Å². The summed E-state index contributed by atoms with van der Waals surface area (Å²) in [6.45, 7) is 6.45. The Morgan fingerprint density at radius 2 is 1.14 bits per heavy atom. The molecule has 0 saturated carbocycles. The van der Waals surface area contributed by atoms with Crippen LogP contribution in [-0.2, 0) is 30.5 Å². The van der Waals surface area contributed by atoms with Crippen LogP contribution in [0.2, 0.25) is 0 Å². The van der Waals surface area contributed by atoms with E-state index in [1.165, 1.54) is 0 Å². The van der Waals surface area contributed by atoms with Crippen LogP contribution in [0.5, 0.6) is 0 Å².